The molecule has 0 aliphatic rings. The van der Waals surface area contributed by atoms with Crippen LogP contribution in [0.15, 0.2) is 108 Å². The van der Waals surface area contributed by atoms with Crippen molar-refractivity contribution >= 4 is 137 Å². The van der Waals surface area contributed by atoms with Gasteiger partial charge in [0.05, 0.1) is 11.6 Å². The summed E-state index contributed by atoms with van der Waals surface area (Å²) in [6.45, 7) is 0. The second kappa shape index (κ2) is 12.7. The molecule has 232 valence electrons. The summed E-state index contributed by atoms with van der Waals surface area (Å²) in [6.07, 6.45) is 0. The summed E-state index contributed by atoms with van der Waals surface area (Å²) >= 11 is 0. The monoisotopic (exact) mass is 670 g/mol. The maximum absolute atomic E-state index is 10.0. The van der Waals surface area contributed by atoms with Gasteiger partial charge in [-0.3, -0.25) is 0 Å². The Morgan fingerprint density at radius 2 is 1.00 bits per heavy atom. The summed E-state index contributed by atoms with van der Waals surface area (Å²) < 4.78 is 6.23. The van der Waals surface area contributed by atoms with E-state index in [-0.39, 0.29) is 55.2 Å². The zero-order chi connectivity index (χ0) is 37.4. The SMILES string of the molecule is [B]c1c([B])c([B])c2c(oc3c([B])c([B])c([B])c(-c4nc(-c5ccccc5)nc(-c5cccc6c(-c7cccc8cccc(C#N)c78)cccc56)n4)c32)c1[B]. The second-order valence-electron chi connectivity index (χ2n) is 13.0. The van der Waals surface area contributed by atoms with E-state index in [0.29, 0.717) is 33.5 Å². The number of nitrogens with zero attached hydrogens (tertiary/aromatic N) is 4. The van der Waals surface area contributed by atoms with E-state index in [9.17, 15) is 5.26 Å². The molecule has 0 aliphatic heterocycles. The lowest BCUT2D eigenvalue weighted by Crippen LogP contribution is -2.47. The molecule has 2 aromatic heterocycles. The van der Waals surface area contributed by atoms with Crippen LogP contribution in [0, 0.1) is 11.3 Å². The molecule has 54 heavy (non-hydrogen) atoms. The largest absolute Gasteiger partial charge is 0.457 e. The molecule has 0 fully saturated rings. The van der Waals surface area contributed by atoms with E-state index in [2.05, 4.69) is 12.1 Å². The van der Waals surface area contributed by atoms with Gasteiger partial charge in [-0.25, -0.2) is 15.0 Å². The fourth-order valence-electron chi connectivity index (χ4n) is 7.35. The Morgan fingerprint density at radius 1 is 0.444 bits per heavy atom. The molecule has 9 aromatic rings. The van der Waals surface area contributed by atoms with Crippen LogP contribution in [0.5, 0.6) is 0 Å². The van der Waals surface area contributed by atoms with Gasteiger partial charge in [-0.05, 0) is 33.4 Å². The summed E-state index contributed by atoms with van der Waals surface area (Å²) in [5.41, 5.74) is 5.27. The zero-order valence-electron chi connectivity index (χ0n) is 28.6. The highest BCUT2D eigenvalue weighted by Crippen LogP contribution is 2.39. The Morgan fingerprint density at radius 3 is 1.72 bits per heavy atom. The molecule has 0 saturated heterocycles. The van der Waals surface area contributed by atoms with E-state index in [0.717, 1.165) is 43.8 Å². The Hall–Kier alpha value is -6.19. The Labute approximate surface area is 320 Å². The first kappa shape index (κ1) is 33.6. The van der Waals surface area contributed by atoms with Gasteiger partial charge in [0.2, 0.25) is 0 Å². The van der Waals surface area contributed by atoms with Crippen LogP contribution in [0.1, 0.15) is 5.56 Å². The van der Waals surface area contributed by atoms with Crippen molar-refractivity contribution in [3.63, 3.8) is 0 Å². The quantitative estimate of drug-likeness (QED) is 0.269. The van der Waals surface area contributed by atoms with E-state index in [1.807, 2.05) is 97.1 Å². The van der Waals surface area contributed by atoms with Crippen LogP contribution in [-0.4, -0.2) is 69.9 Å². The molecule has 0 aliphatic carbocycles. The van der Waals surface area contributed by atoms with Gasteiger partial charge in [-0.1, -0.05) is 119 Å². The summed E-state index contributed by atoms with van der Waals surface area (Å²) in [5, 5.41) is 14.4. The normalized spacial score (nSPS) is 11.5. The Bertz CT molecular complexity index is 3100. The third kappa shape index (κ3) is 4.99. The highest BCUT2D eigenvalue weighted by molar-refractivity contribution is 6.68. The average Bonchev–Trinajstić information content (AvgIpc) is 3.61. The third-order valence-electron chi connectivity index (χ3n) is 10.0. The van der Waals surface area contributed by atoms with Crippen LogP contribution < -0.4 is 38.2 Å². The lowest BCUT2D eigenvalue weighted by Gasteiger charge is -2.17. The van der Waals surface area contributed by atoms with E-state index in [4.69, 9.17) is 74.3 Å². The lowest BCUT2D eigenvalue weighted by atomic mass is 9.64. The number of hydrogen-bond donors (Lipinski definition) is 0. The summed E-state index contributed by atoms with van der Waals surface area (Å²) in [6, 6.07) is 35.7. The fraction of sp³-hybridized carbons (Fsp3) is 0. The van der Waals surface area contributed by atoms with Gasteiger partial charge in [-0.2, -0.15) is 5.26 Å². The highest BCUT2D eigenvalue weighted by Gasteiger charge is 2.25. The van der Waals surface area contributed by atoms with Crippen molar-refractivity contribution in [3.05, 3.63) is 109 Å². The highest BCUT2D eigenvalue weighted by atomic mass is 16.3. The number of hydrogen-bond acceptors (Lipinski definition) is 5. The van der Waals surface area contributed by atoms with E-state index >= 15 is 0 Å². The summed E-state index contributed by atoms with van der Waals surface area (Å²) in [4.78, 5) is 15.1. The molecule has 0 saturated carbocycles. The topological polar surface area (TPSA) is 75.6 Å². The summed E-state index contributed by atoms with van der Waals surface area (Å²) in [7, 11) is 45.4. The molecule has 7 aromatic carbocycles. The molecule has 9 rings (SSSR count). The van der Waals surface area contributed by atoms with Gasteiger partial charge >= 0.3 is 0 Å². The van der Waals surface area contributed by atoms with E-state index in [1.165, 1.54) is 0 Å². The van der Waals surface area contributed by atoms with Crippen molar-refractivity contribution in [2.45, 2.75) is 0 Å². The van der Waals surface area contributed by atoms with Crippen LogP contribution in [0.3, 0.4) is 0 Å². The smallest absolute Gasteiger partial charge is 0.164 e. The maximum Gasteiger partial charge on any atom is 0.164 e. The van der Waals surface area contributed by atoms with Gasteiger partial charge in [0, 0.05) is 32.8 Å². The van der Waals surface area contributed by atoms with E-state index in [1.54, 1.807) is 0 Å². The van der Waals surface area contributed by atoms with Gasteiger partial charge < -0.3 is 4.42 Å². The van der Waals surface area contributed by atoms with Crippen LogP contribution in [0.25, 0.3) is 88.8 Å². The third-order valence-corrected chi connectivity index (χ3v) is 10.0. The van der Waals surface area contributed by atoms with Crippen LogP contribution >= 0.6 is 0 Å². The predicted octanol–water partition coefficient (Wildman–Crippen LogP) is 2.17. The minimum Gasteiger partial charge on any atom is -0.457 e. The molecule has 0 spiro atoms. The van der Waals surface area contributed by atoms with Crippen LogP contribution in [0.2, 0.25) is 0 Å². The van der Waals surface area contributed by atoms with E-state index < -0.39 is 0 Å². The molecule has 0 atom stereocenters. The fourth-order valence-corrected chi connectivity index (χ4v) is 7.35. The number of rotatable bonds is 4. The van der Waals surface area contributed by atoms with Crippen molar-refractivity contribution in [2.24, 2.45) is 0 Å². The molecule has 0 bridgehead atoms. The van der Waals surface area contributed by atoms with Crippen molar-refractivity contribution in [2.75, 3.05) is 0 Å². The van der Waals surface area contributed by atoms with Crippen LogP contribution in [0.4, 0.5) is 0 Å². The first-order valence-corrected chi connectivity index (χ1v) is 16.9. The van der Waals surface area contributed by atoms with Crippen LogP contribution in [-0.2, 0) is 0 Å². The second-order valence-corrected chi connectivity index (χ2v) is 13.0. The van der Waals surface area contributed by atoms with Crippen molar-refractivity contribution in [1.82, 2.24) is 15.0 Å². The molecular weight excluding hydrogens is 652 g/mol. The minimum absolute atomic E-state index is 0.0690. The Balaban J connectivity index is 1.37. The average molecular weight is 669 g/mol. The Kier molecular flexibility index (Phi) is 7.94. The maximum atomic E-state index is 10.0. The molecule has 0 N–H and O–H groups in total. The van der Waals surface area contributed by atoms with Crippen molar-refractivity contribution in [1.29, 1.82) is 5.26 Å². The molecule has 2 heterocycles. The molecule has 12 heteroatoms. The number of aromatic nitrogens is 3. The molecule has 5 nitrogen and oxygen atoms in total. The van der Waals surface area contributed by atoms with Gasteiger partial charge in [0.25, 0.3) is 0 Å². The number of fused-ring (bicyclic) bond motifs is 5. The van der Waals surface area contributed by atoms with Crippen molar-refractivity contribution in [3.8, 4) is 51.4 Å². The molecule has 0 unspecified atom stereocenters. The standard InChI is InChI=1S/C42H17B7N4O/c43-31-29-28-30(32(44)34(46)36(48)38(28)54-39(29)37(49)35(47)33(31)45)42-52-40(20-8-2-1-3-9-20)51-41(53-42)26-17-7-13-22-23(14-6-15-24(22)26)25-16-5-11-19-10-4-12-21(18-50)27(19)25/h1-17H. The molecule has 0 amide bonds. The minimum atomic E-state index is 0.0690. The zero-order valence-corrected chi connectivity index (χ0v) is 28.6. The van der Waals surface area contributed by atoms with Gasteiger partial charge in [-0.15, -0.1) is 16.4 Å². The first-order chi connectivity index (χ1) is 26.2. The summed E-state index contributed by atoms with van der Waals surface area (Å²) in [5.74, 6) is 0.928. The molecular formula is C42H17B7N4O. The number of nitriles is 1. The predicted molar refractivity (Wildman–Crippen MR) is 226 cm³/mol. The number of benzene rings is 7. The molecule has 14 radical (unpaired) electrons. The van der Waals surface area contributed by atoms with Gasteiger partial charge in [0.15, 0.2) is 17.5 Å². The lowest BCUT2D eigenvalue weighted by molar-refractivity contribution is 0.675. The van der Waals surface area contributed by atoms with Gasteiger partial charge in [0.1, 0.15) is 66.1 Å². The van der Waals surface area contributed by atoms with Crippen molar-refractivity contribution < 1.29 is 4.42 Å². The number of furan rings is 1. The first-order valence-electron chi connectivity index (χ1n) is 16.9.